The number of carbonyl (C=O) groups is 2. The molecular formula is C6H7N3O2S. The Morgan fingerprint density at radius 3 is 2.83 bits per heavy atom. The van der Waals surface area contributed by atoms with E-state index in [1.165, 1.54) is 5.01 Å². The number of rotatable bonds is 1. The van der Waals surface area contributed by atoms with Crippen molar-refractivity contribution in [3.63, 3.8) is 0 Å². The van der Waals surface area contributed by atoms with Crippen molar-refractivity contribution in [1.82, 2.24) is 15.3 Å². The summed E-state index contributed by atoms with van der Waals surface area (Å²) in [5, 5.41) is 7.19. The largest absolute Gasteiger partial charge is 0.343 e. The molecule has 0 aromatic carbocycles. The minimum absolute atomic E-state index is 0.129. The van der Waals surface area contributed by atoms with E-state index in [2.05, 4.69) is 5.32 Å². The SMILES string of the molecule is O=C1CN(N2C=CSC2)C(=O)N1. The Morgan fingerprint density at radius 2 is 2.33 bits per heavy atom. The van der Waals surface area contributed by atoms with E-state index in [9.17, 15) is 9.59 Å². The molecule has 2 heterocycles. The zero-order chi connectivity index (χ0) is 8.55. The van der Waals surface area contributed by atoms with Crippen molar-refractivity contribution in [3.8, 4) is 0 Å². The van der Waals surface area contributed by atoms with Crippen molar-refractivity contribution < 1.29 is 9.59 Å². The standard InChI is InChI=1S/C6H7N3O2S/c10-5-3-9(6(11)7-5)8-1-2-12-4-8/h1-2H,3-4H2,(H,7,10,11). The van der Waals surface area contributed by atoms with Gasteiger partial charge in [-0.3, -0.25) is 15.1 Å². The molecule has 64 valence electrons. The molecule has 1 N–H and O–H groups in total. The lowest BCUT2D eigenvalue weighted by Crippen LogP contribution is -2.39. The lowest BCUT2D eigenvalue weighted by Gasteiger charge is -2.24. The van der Waals surface area contributed by atoms with Crippen LogP contribution in [0.4, 0.5) is 4.79 Å². The van der Waals surface area contributed by atoms with Gasteiger partial charge >= 0.3 is 6.03 Å². The summed E-state index contributed by atoms with van der Waals surface area (Å²) in [4.78, 5) is 21.9. The molecule has 3 amide bonds. The zero-order valence-electron chi connectivity index (χ0n) is 6.19. The summed E-state index contributed by atoms with van der Waals surface area (Å²) < 4.78 is 0. The minimum atomic E-state index is -0.341. The van der Waals surface area contributed by atoms with Gasteiger partial charge in [0.1, 0.15) is 6.54 Å². The summed E-state index contributed by atoms with van der Waals surface area (Å²) in [7, 11) is 0. The number of hydrazine groups is 1. The van der Waals surface area contributed by atoms with Gasteiger partial charge in [0.15, 0.2) is 0 Å². The molecule has 0 aromatic rings. The molecule has 0 aliphatic carbocycles. The van der Waals surface area contributed by atoms with Gasteiger partial charge in [0, 0.05) is 6.20 Å². The predicted molar refractivity (Wildman–Crippen MR) is 43.7 cm³/mol. The van der Waals surface area contributed by atoms with E-state index in [1.54, 1.807) is 23.0 Å². The van der Waals surface area contributed by atoms with Crippen molar-refractivity contribution in [1.29, 1.82) is 0 Å². The second-order valence-electron chi connectivity index (χ2n) is 2.43. The highest BCUT2D eigenvalue weighted by Gasteiger charge is 2.31. The van der Waals surface area contributed by atoms with Gasteiger partial charge < -0.3 is 0 Å². The predicted octanol–water partition coefficient (Wildman–Crippen LogP) is -0.0693. The number of hydrogen-bond donors (Lipinski definition) is 1. The average Bonchev–Trinajstić information content (AvgIpc) is 2.58. The highest BCUT2D eigenvalue weighted by molar-refractivity contribution is 8.02. The maximum Gasteiger partial charge on any atom is 0.343 e. The fourth-order valence-corrected chi connectivity index (χ4v) is 1.76. The first-order chi connectivity index (χ1) is 5.77. The van der Waals surface area contributed by atoms with Gasteiger partial charge in [-0.1, -0.05) is 0 Å². The van der Waals surface area contributed by atoms with Crippen LogP contribution in [0.2, 0.25) is 0 Å². The molecule has 0 bridgehead atoms. The van der Waals surface area contributed by atoms with E-state index < -0.39 is 0 Å². The fraction of sp³-hybridized carbons (Fsp3) is 0.333. The average molecular weight is 185 g/mol. The topological polar surface area (TPSA) is 52.7 Å². The van der Waals surface area contributed by atoms with Crippen LogP contribution in [0, 0.1) is 0 Å². The lowest BCUT2D eigenvalue weighted by atomic mass is 10.6. The maximum absolute atomic E-state index is 11.1. The van der Waals surface area contributed by atoms with E-state index >= 15 is 0 Å². The maximum atomic E-state index is 11.1. The molecule has 0 atom stereocenters. The highest BCUT2D eigenvalue weighted by atomic mass is 32.2. The Kier molecular flexibility index (Phi) is 1.69. The Labute approximate surface area is 73.3 Å². The normalized spacial score (nSPS) is 22.3. The fourth-order valence-electron chi connectivity index (χ4n) is 1.06. The van der Waals surface area contributed by atoms with Crippen molar-refractivity contribution in [2.75, 3.05) is 12.4 Å². The zero-order valence-corrected chi connectivity index (χ0v) is 7.00. The quantitative estimate of drug-likeness (QED) is 0.581. The van der Waals surface area contributed by atoms with Gasteiger partial charge in [0.25, 0.3) is 0 Å². The molecule has 2 aliphatic rings. The van der Waals surface area contributed by atoms with Crippen LogP contribution in [0.5, 0.6) is 0 Å². The molecule has 0 spiro atoms. The number of amides is 3. The lowest BCUT2D eigenvalue weighted by molar-refractivity contribution is -0.119. The number of nitrogens with one attached hydrogen (secondary N) is 1. The Balaban J connectivity index is 2.08. The number of imide groups is 1. The summed E-state index contributed by atoms with van der Waals surface area (Å²) in [6.45, 7) is 0.129. The van der Waals surface area contributed by atoms with Crippen LogP contribution in [0.1, 0.15) is 0 Å². The third-order valence-corrected chi connectivity index (χ3v) is 2.35. The summed E-state index contributed by atoms with van der Waals surface area (Å²) in [6, 6.07) is -0.341. The van der Waals surface area contributed by atoms with Crippen LogP contribution in [-0.2, 0) is 4.79 Å². The van der Waals surface area contributed by atoms with E-state index in [-0.39, 0.29) is 18.5 Å². The van der Waals surface area contributed by atoms with Crippen LogP contribution < -0.4 is 5.32 Å². The molecule has 12 heavy (non-hydrogen) atoms. The molecule has 1 fully saturated rings. The first-order valence-corrected chi connectivity index (χ1v) is 4.48. The molecule has 0 saturated carbocycles. The van der Waals surface area contributed by atoms with Gasteiger partial charge in [-0.15, -0.1) is 11.8 Å². The Morgan fingerprint density at radius 1 is 1.50 bits per heavy atom. The number of thioether (sulfide) groups is 1. The highest BCUT2D eigenvalue weighted by Crippen LogP contribution is 2.18. The van der Waals surface area contributed by atoms with E-state index in [4.69, 9.17) is 0 Å². The van der Waals surface area contributed by atoms with Crippen LogP contribution in [0.25, 0.3) is 0 Å². The van der Waals surface area contributed by atoms with Gasteiger partial charge in [0.05, 0.1) is 5.88 Å². The summed E-state index contributed by atoms with van der Waals surface area (Å²) in [6.07, 6.45) is 1.78. The van der Waals surface area contributed by atoms with Gasteiger partial charge in [-0.05, 0) is 5.41 Å². The molecule has 0 aromatic heterocycles. The van der Waals surface area contributed by atoms with Crippen LogP contribution in [0.15, 0.2) is 11.6 Å². The molecule has 5 nitrogen and oxygen atoms in total. The molecule has 0 unspecified atom stereocenters. The number of carbonyl (C=O) groups excluding carboxylic acids is 2. The van der Waals surface area contributed by atoms with E-state index in [0.29, 0.717) is 5.88 Å². The minimum Gasteiger partial charge on any atom is -0.278 e. The monoisotopic (exact) mass is 185 g/mol. The van der Waals surface area contributed by atoms with Crippen LogP contribution in [-0.4, -0.2) is 34.4 Å². The number of urea groups is 1. The second-order valence-corrected chi connectivity index (χ2v) is 3.30. The number of nitrogens with zero attached hydrogens (tertiary/aromatic N) is 2. The van der Waals surface area contributed by atoms with E-state index in [1.807, 2.05) is 5.41 Å². The van der Waals surface area contributed by atoms with Gasteiger partial charge in [-0.25, -0.2) is 9.80 Å². The van der Waals surface area contributed by atoms with Crippen molar-refractivity contribution in [2.45, 2.75) is 0 Å². The smallest absolute Gasteiger partial charge is 0.278 e. The molecule has 1 saturated heterocycles. The van der Waals surface area contributed by atoms with Crippen molar-refractivity contribution in [2.24, 2.45) is 0 Å². The number of hydrogen-bond acceptors (Lipinski definition) is 4. The van der Waals surface area contributed by atoms with Crippen LogP contribution in [0.3, 0.4) is 0 Å². The van der Waals surface area contributed by atoms with Crippen molar-refractivity contribution in [3.05, 3.63) is 11.6 Å². The Hall–Kier alpha value is -1.17. The molecule has 6 heteroatoms. The molecular weight excluding hydrogens is 178 g/mol. The van der Waals surface area contributed by atoms with E-state index in [0.717, 1.165) is 0 Å². The third kappa shape index (κ3) is 1.14. The van der Waals surface area contributed by atoms with Gasteiger partial charge in [-0.2, -0.15) is 0 Å². The summed E-state index contributed by atoms with van der Waals surface area (Å²) >= 11 is 1.58. The third-order valence-electron chi connectivity index (χ3n) is 1.62. The summed E-state index contributed by atoms with van der Waals surface area (Å²) in [5.41, 5.74) is 0. The van der Waals surface area contributed by atoms with Gasteiger partial charge in [0.2, 0.25) is 5.91 Å². The van der Waals surface area contributed by atoms with Crippen molar-refractivity contribution >= 4 is 23.7 Å². The summed E-state index contributed by atoms with van der Waals surface area (Å²) in [5.74, 6) is 0.450. The second kappa shape index (κ2) is 2.71. The Bertz CT molecular complexity index is 266. The first-order valence-electron chi connectivity index (χ1n) is 3.43. The molecule has 0 radical (unpaired) electrons. The first kappa shape index (κ1) is 7.48. The molecule has 2 rings (SSSR count). The molecule has 2 aliphatic heterocycles. The van der Waals surface area contributed by atoms with Crippen LogP contribution >= 0.6 is 11.8 Å².